The molecule has 2 aliphatic heterocycles. The minimum Gasteiger partial charge on any atom is -0.398 e. The maximum atomic E-state index is 11.5. The molecule has 0 amide bonds. The Balaban J connectivity index is 0.000000145. The highest BCUT2D eigenvalue weighted by Gasteiger charge is 2.27. The van der Waals surface area contributed by atoms with E-state index in [1.807, 2.05) is 33.7 Å². The molecule has 0 aliphatic carbocycles. The number of fused-ring (bicyclic) bond motifs is 2. The maximum absolute atomic E-state index is 11.5. The Morgan fingerprint density at radius 2 is 1.43 bits per heavy atom. The summed E-state index contributed by atoms with van der Waals surface area (Å²) in [6.07, 6.45) is 6.61. The van der Waals surface area contributed by atoms with Crippen LogP contribution in [0.15, 0.2) is 52.3 Å². The molecule has 0 aromatic carbocycles. The zero-order chi connectivity index (χ0) is 24.5. The Labute approximate surface area is 199 Å². The molecule has 11 heteroatoms. The number of anilines is 1. The van der Waals surface area contributed by atoms with Crippen molar-refractivity contribution in [1.82, 2.24) is 19.1 Å². The molecule has 4 atom stereocenters. The fourth-order valence-corrected chi connectivity index (χ4v) is 4.77. The Hall–Kier alpha value is -3.38. The normalized spacial score (nSPS) is 24.2. The van der Waals surface area contributed by atoms with E-state index in [0.717, 1.165) is 42.1 Å². The van der Waals surface area contributed by atoms with Crippen LogP contribution in [-0.4, -0.2) is 54.7 Å². The molecule has 186 valence electrons. The molecule has 2 aliphatic rings. The van der Waals surface area contributed by atoms with Gasteiger partial charge in [-0.1, -0.05) is 0 Å². The molecule has 0 saturated carbocycles. The third kappa shape index (κ3) is 4.63. The Kier molecular flexibility index (Phi) is 6.48. The van der Waals surface area contributed by atoms with Gasteiger partial charge in [0, 0.05) is 41.0 Å². The van der Waals surface area contributed by atoms with Crippen molar-refractivity contribution in [3.8, 4) is 0 Å². The van der Waals surface area contributed by atoms with Gasteiger partial charge in [0.15, 0.2) is 0 Å². The average Bonchev–Trinajstić information content (AvgIpc) is 3.63. The molecule has 35 heavy (non-hydrogen) atoms. The molecule has 0 radical (unpaired) electrons. The summed E-state index contributed by atoms with van der Waals surface area (Å²) in [6, 6.07) is 8.48. The topological polar surface area (TPSA) is 161 Å². The van der Waals surface area contributed by atoms with E-state index in [4.69, 9.17) is 25.4 Å². The number of nitrogens with zero attached hydrogens (tertiary/aromatic N) is 2. The molecular weight excluding hydrogens is 454 g/mol. The first-order valence-corrected chi connectivity index (χ1v) is 11.7. The zero-order valence-electron chi connectivity index (χ0n) is 19.1. The molecule has 2 fully saturated rings. The minimum atomic E-state index is -0.225. The zero-order valence-corrected chi connectivity index (χ0v) is 19.1. The number of aliphatic hydroxyl groups is 2. The highest BCUT2D eigenvalue weighted by molar-refractivity contribution is 5.88. The first kappa shape index (κ1) is 23.4. The molecule has 6 heterocycles. The van der Waals surface area contributed by atoms with Crippen molar-refractivity contribution in [2.24, 2.45) is 0 Å². The largest absolute Gasteiger partial charge is 0.398 e. The molecule has 6 rings (SSSR count). The second-order valence-electron chi connectivity index (χ2n) is 8.87. The lowest BCUT2D eigenvalue weighted by molar-refractivity contribution is -0.0205. The van der Waals surface area contributed by atoms with Crippen molar-refractivity contribution in [3.05, 3.63) is 63.4 Å². The summed E-state index contributed by atoms with van der Waals surface area (Å²) >= 11 is 0. The van der Waals surface area contributed by atoms with Crippen molar-refractivity contribution in [2.75, 3.05) is 18.9 Å². The Morgan fingerprint density at radius 1 is 0.829 bits per heavy atom. The summed E-state index contributed by atoms with van der Waals surface area (Å²) in [5.74, 6) is 0. The van der Waals surface area contributed by atoms with Crippen LogP contribution < -0.4 is 16.9 Å². The molecule has 4 aromatic heterocycles. The van der Waals surface area contributed by atoms with Crippen LogP contribution in [0.3, 0.4) is 0 Å². The van der Waals surface area contributed by atoms with Gasteiger partial charge in [0.25, 0.3) is 5.56 Å². The first-order valence-electron chi connectivity index (χ1n) is 11.7. The predicted octanol–water partition coefficient (Wildman–Crippen LogP) is 1.58. The van der Waals surface area contributed by atoms with E-state index >= 15 is 0 Å². The van der Waals surface area contributed by atoms with E-state index in [9.17, 15) is 9.59 Å². The summed E-state index contributed by atoms with van der Waals surface area (Å²) in [5.41, 5.74) is 7.38. The molecular formula is C24H29N5O6. The highest BCUT2D eigenvalue weighted by atomic mass is 16.5. The van der Waals surface area contributed by atoms with Crippen molar-refractivity contribution in [3.63, 3.8) is 0 Å². The quantitative estimate of drug-likeness (QED) is 0.294. The predicted molar refractivity (Wildman–Crippen MR) is 130 cm³/mol. The van der Waals surface area contributed by atoms with Crippen molar-refractivity contribution < 1.29 is 19.7 Å². The average molecular weight is 484 g/mol. The lowest BCUT2D eigenvalue weighted by atomic mass is 10.2. The number of pyridine rings is 2. The number of ether oxygens (including phenoxy) is 2. The minimum absolute atomic E-state index is 0.0222. The van der Waals surface area contributed by atoms with Crippen LogP contribution in [0, 0.1) is 0 Å². The molecule has 6 N–H and O–H groups in total. The van der Waals surface area contributed by atoms with Crippen LogP contribution in [-0.2, 0) is 9.47 Å². The number of hydrogen-bond acceptors (Lipinski definition) is 7. The molecule has 2 saturated heterocycles. The molecule has 0 bridgehead atoms. The fourth-order valence-electron chi connectivity index (χ4n) is 4.77. The van der Waals surface area contributed by atoms with Gasteiger partial charge in [0.1, 0.15) is 23.8 Å². The summed E-state index contributed by atoms with van der Waals surface area (Å²) in [7, 11) is 0. The van der Waals surface area contributed by atoms with Gasteiger partial charge in [0.05, 0.1) is 25.4 Å². The van der Waals surface area contributed by atoms with Crippen LogP contribution in [0.2, 0.25) is 0 Å². The number of nitrogen functional groups attached to an aromatic ring is 1. The Bertz CT molecular complexity index is 1440. The Morgan fingerprint density at radius 3 is 2.06 bits per heavy atom. The van der Waals surface area contributed by atoms with E-state index < -0.39 is 0 Å². The van der Waals surface area contributed by atoms with Gasteiger partial charge in [0.2, 0.25) is 5.56 Å². The van der Waals surface area contributed by atoms with Crippen LogP contribution in [0.25, 0.3) is 22.1 Å². The monoisotopic (exact) mass is 483 g/mol. The lowest BCUT2D eigenvalue weighted by Crippen LogP contribution is -2.15. The van der Waals surface area contributed by atoms with Gasteiger partial charge < -0.3 is 44.5 Å². The van der Waals surface area contributed by atoms with Gasteiger partial charge in [-0.15, -0.1) is 0 Å². The fraction of sp³-hybridized carbons (Fsp3) is 0.417. The number of rotatable bonds is 4. The van der Waals surface area contributed by atoms with E-state index in [0.29, 0.717) is 11.3 Å². The van der Waals surface area contributed by atoms with Gasteiger partial charge >= 0.3 is 0 Å². The van der Waals surface area contributed by atoms with Crippen LogP contribution in [0.4, 0.5) is 5.69 Å². The second-order valence-corrected chi connectivity index (χ2v) is 8.87. The standard InChI is InChI=1S/C12H15N3O3.C12H14N2O3/c13-9-5-10(17)14-12-8(9)3-4-15(12)11-2-1-7(6-16)18-11;15-7-9-2-4-11(17-9)14-6-5-8-1-3-10(16)13-12(8)14/h3-5,7,11,16H,1-2,6H2,(H3,13,14,17);1,3,5-6,9,11,15H,2,4,7H2,(H,13,16)/t7-,11+;9-,11+/m00/s1. The van der Waals surface area contributed by atoms with Gasteiger partial charge in [-0.05, 0) is 43.9 Å². The number of aromatic nitrogens is 4. The van der Waals surface area contributed by atoms with E-state index in [1.165, 1.54) is 12.1 Å². The molecule has 11 nitrogen and oxygen atoms in total. The summed E-state index contributed by atoms with van der Waals surface area (Å²) in [6.45, 7) is 0.0700. The van der Waals surface area contributed by atoms with Crippen LogP contribution in [0.5, 0.6) is 0 Å². The van der Waals surface area contributed by atoms with Crippen molar-refractivity contribution in [2.45, 2.75) is 50.3 Å². The second kappa shape index (κ2) is 9.70. The molecule has 0 spiro atoms. The van der Waals surface area contributed by atoms with Crippen molar-refractivity contribution in [1.29, 1.82) is 0 Å². The number of aliphatic hydroxyl groups excluding tert-OH is 2. The van der Waals surface area contributed by atoms with Gasteiger partial charge in [-0.25, -0.2) is 0 Å². The third-order valence-corrected chi connectivity index (χ3v) is 6.55. The summed E-state index contributed by atoms with van der Waals surface area (Å²) in [5, 5.41) is 19.9. The smallest absolute Gasteiger partial charge is 0.251 e. The molecule has 4 aromatic rings. The van der Waals surface area contributed by atoms with Gasteiger partial charge in [-0.3, -0.25) is 9.59 Å². The number of aromatic amines is 2. The number of H-pyrrole nitrogens is 2. The highest BCUT2D eigenvalue weighted by Crippen LogP contribution is 2.32. The molecule has 0 unspecified atom stereocenters. The van der Waals surface area contributed by atoms with E-state index in [1.54, 1.807) is 6.07 Å². The number of hydrogen-bond donors (Lipinski definition) is 5. The maximum Gasteiger partial charge on any atom is 0.251 e. The summed E-state index contributed by atoms with van der Waals surface area (Å²) in [4.78, 5) is 28.4. The van der Waals surface area contributed by atoms with E-state index in [-0.39, 0.29) is 49.0 Å². The van der Waals surface area contributed by atoms with Crippen molar-refractivity contribution >= 4 is 27.8 Å². The third-order valence-electron chi connectivity index (χ3n) is 6.55. The number of nitrogens with one attached hydrogen (secondary N) is 2. The SMILES string of the molecule is Nc1cc(=O)[nH]c2c1ccn2[C@H]1CC[C@@H](CO)O1.O=c1ccc2ccn([C@H]3CC[C@@H](CO)O3)c2[nH]1. The lowest BCUT2D eigenvalue weighted by Gasteiger charge is -2.15. The van der Waals surface area contributed by atoms with E-state index in [2.05, 4.69) is 9.97 Å². The van der Waals surface area contributed by atoms with Crippen LogP contribution >= 0.6 is 0 Å². The summed E-state index contributed by atoms with van der Waals surface area (Å²) < 4.78 is 15.2. The first-order chi connectivity index (χ1) is 17.0. The van der Waals surface area contributed by atoms with Gasteiger partial charge in [-0.2, -0.15) is 0 Å². The number of nitrogens with two attached hydrogens (primary N) is 1. The van der Waals surface area contributed by atoms with Crippen LogP contribution in [0.1, 0.15) is 38.1 Å².